The van der Waals surface area contributed by atoms with Crippen LogP contribution in [0.15, 0.2) is 18.5 Å². The first-order chi connectivity index (χ1) is 10.6. The van der Waals surface area contributed by atoms with E-state index in [4.69, 9.17) is 0 Å². The van der Waals surface area contributed by atoms with Gasteiger partial charge in [-0.3, -0.25) is 4.79 Å². The fourth-order valence-corrected chi connectivity index (χ4v) is 3.47. The Labute approximate surface area is 130 Å². The summed E-state index contributed by atoms with van der Waals surface area (Å²) in [6, 6.07) is 0.961. The van der Waals surface area contributed by atoms with Crippen molar-refractivity contribution < 1.29 is 14.7 Å². The Balaban J connectivity index is 1.91. The first kappa shape index (κ1) is 14.6. The smallest absolute Gasteiger partial charge is 0.326 e. The maximum atomic E-state index is 12.6. The van der Waals surface area contributed by atoms with Gasteiger partial charge in [0.05, 0.1) is 5.69 Å². The SMILES string of the molecule is Cc1nc(-c2ncccn2)sc1C(=O)N1CCCC1C(=O)O. The topological polar surface area (TPSA) is 96.3 Å². The lowest BCUT2D eigenvalue weighted by molar-refractivity contribution is -0.141. The summed E-state index contributed by atoms with van der Waals surface area (Å²) in [4.78, 5) is 38.3. The molecular formula is C14H14N4O3S. The summed E-state index contributed by atoms with van der Waals surface area (Å²) >= 11 is 1.20. The Morgan fingerprint density at radius 2 is 2.09 bits per heavy atom. The molecule has 1 saturated heterocycles. The molecule has 22 heavy (non-hydrogen) atoms. The van der Waals surface area contributed by atoms with Gasteiger partial charge in [-0.15, -0.1) is 11.3 Å². The van der Waals surface area contributed by atoms with Crippen molar-refractivity contribution in [2.24, 2.45) is 0 Å². The number of carboxylic acids is 1. The highest BCUT2D eigenvalue weighted by Crippen LogP contribution is 2.29. The second-order valence-electron chi connectivity index (χ2n) is 5.00. The van der Waals surface area contributed by atoms with Crippen molar-refractivity contribution in [1.82, 2.24) is 19.9 Å². The van der Waals surface area contributed by atoms with Crippen LogP contribution >= 0.6 is 11.3 Å². The van der Waals surface area contributed by atoms with Crippen molar-refractivity contribution in [2.75, 3.05) is 6.54 Å². The molecule has 1 aliphatic rings. The molecule has 3 rings (SSSR count). The van der Waals surface area contributed by atoms with Crippen LogP contribution in [0.4, 0.5) is 0 Å². The molecule has 1 aliphatic heterocycles. The van der Waals surface area contributed by atoms with E-state index in [0.29, 0.717) is 40.8 Å². The molecule has 3 heterocycles. The van der Waals surface area contributed by atoms with Crippen molar-refractivity contribution in [2.45, 2.75) is 25.8 Å². The van der Waals surface area contributed by atoms with Crippen LogP contribution in [0.2, 0.25) is 0 Å². The Kier molecular flexibility index (Phi) is 3.84. The molecule has 7 nitrogen and oxygen atoms in total. The molecule has 1 unspecified atom stereocenters. The molecule has 2 aromatic heterocycles. The minimum absolute atomic E-state index is 0.276. The zero-order chi connectivity index (χ0) is 15.7. The molecule has 1 N–H and O–H groups in total. The third-order valence-corrected chi connectivity index (χ3v) is 4.69. The van der Waals surface area contributed by atoms with Crippen LogP contribution in [0.25, 0.3) is 10.8 Å². The molecule has 0 radical (unpaired) electrons. The van der Waals surface area contributed by atoms with Gasteiger partial charge >= 0.3 is 5.97 Å². The summed E-state index contributed by atoms with van der Waals surface area (Å²) in [6.07, 6.45) is 4.42. The number of aromatic nitrogens is 3. The lowest BCUT2D eigenvalue weighted by Crippen LogP contribution is -2.40. The van der Waals surface area contributed by atoms with E-state index in [1.165, 1.54) is 16.2 Å². The third-order valence-electron chi connectivity index (χ3n) is 3.55. The highest BCUT2D eigenvalue weighted by Gasteiger charge is 2.36. The minimum atomic E-state index is -0.959. The largest absolute Gasteiger partial charge is 0.480 e. The van der Waals surface area contributed by atoms with E-state index in [9.17, 15) is 14.7 Å². The molecule has 0 aliphatic carbocycles. The van der Waals surface area contributed by atoms with Crippen molar-refractivity contribution >= 4 is 23.2 Å². The monoisotopic (exact) mass is 318 g/mol. The van der Waals surface area contributed by atoms with Crippen LogP contribution in [0.1, 0.15) is 28.2 Å². The Morgan fingerprint density at radius 3 is 2.77 bits per heavy atom. The van der Waals surface area contributed by atoms with Gasteiger partial charge in [0.1, 0.15) is 10.9 Å². The third kappa shape index (κ3) is 2.57. The van der Waals surface area contributed by atoms with Crippen molar-refractivity contribution in [3.05, 3.63) is 29.0 Å². The predicted molar refractivity (Wildman–Crippen MR) is 79.6 cm³/mol. The summed E-state index contributed by atoms with van der Waals surface area (Å²) in [5.41, 5.74) is 0.577. The van der Waals surface area contributed by atoms with E-state index in [0.717, 1.165) is 0 Å². The van der Waals surface area contributed by atoms with Gasteiger partial charge in [-0.25, -0.2) is 19.7 Å². The summed E-state index contributed by atoms with van der Waals surface area (Å²) in [6.45, 7) is 2.20. The Bertz CT molecular complexity index is 716. The highest BCUT2D eigenvalue weighted by molar-refractivity contribution is 7.17. The molecule has 0 bridgehead atoms. The average molecular weight is 318 g/mol. The molecule has 0 saturated carbocycles. The number of carbonyl (C=O) groups is 2. The van der Waals surface area contributed by atoms with E-state index in [-0.39, 0.29) is 5.91 Å². The van der Waals surface area contributed by atoms with Crippen LogP contribution in [0, 0.1) is 6.92 Å². The molecule has 114 valence electrons. The maximum absolute atomic E-state index is 12.6. The van der Waals surface area contributed by atoms with Gasteiger partial charge in [-0.1, -0.05) is 0 Å². The van der Waals surface area contributed by atoms with Gasteiger partial charge in [-0.05, 0) is 25.8 Å². The number of nitrogens with zero attached hydrogens (tertiary/aromatic N) is 4. The fraction of sp³-hybridized carbons (Fsp3) is 0.357. The second kappa shape index (κ2) is 5.80. The van der Waals surface area contributed by atoms with E-state index in [1.807, 2.05) is 0 Å². The molecule has 0 aromatic carbocycles. The zero-order valence-corrected chi connectivity index (χ0v) is 12.7. The highest BCUT2D eigenvalue weighted by atomic mass is 32.1. The van der Waals surface area contributed by atoms with Crippen LogP contribution in [0.3, 0.4) is 0 Å². The molecular weight excluding hydrogens is 304 g/mol. The summed E-state index contributed by atoms with van der Waals surface area (Å²) < 4.78 is 0. The van der Waals surface area contributed by atoms with Crippen molar-refractivity contribution in [1.29, 1.82) is 0 Å². The first-order valence-electron chi connectivity index (χ1n) is 6.86. The van der Waals surface area contributed by atoms with Crippen LogP contribution < -0.4 is 0 Å². The first-order valence-corrected chi connectivity index (χ1v) is 7.68. The Morgan fingerprint density at radius 1 is 1.36 bits per heavy atom. The molecule has 2 aromatic rings. The quantitative estimate of drug-likeness (QED) is 0.923. The molecule has 1 atom stereocenters. The van der Waals surface area contributed by atoms with Crippen molar-refractivity contribution in [3.8, 4) is 10.8 Å². The van der Waals surface area contributed by atoms with Gasteiger partial charge in [-0.2, -0.15) is 0 Å². The van der Waals surface area contributed by atoms with Gasteiger partial charge in [0.2, 0.25) is 0 Å². The molecule has 0 spiro atoms. The summed E-state index contributed by atoms with van der Waals surface area (Å²) in [5.74, 6) is -0.771. The van der Waals surface area contributed by atoms with Crippen LogP contribution in [-0.2, 0) is 4.79 Å². The maximum Gasteiger partial charge on any atom is 0.326 e. The molecule has 1 fully saturated rings. The van der Waals surface area contributed by atoms with Gasteiger partial charge < -0.3 is 10.0 Å². The van der Waals surface area contributed by atoms with E-state index >= 15 is 0 Å². The fourth-order valence-electron chi connectivity index (χ4n) is 2.50. The van der Waals surface area contributed by atoms with Crippen LogP contribution in [0.5, 0.6) is 0 Å². The van der Waals surface area contributed by atoms with Gasteiger partial charge in [0.15, 0.2) is 10.8 Å². The number of hydrogen-bond acceptors (Lipinski definition) is 6. The number of aliphatic carboxylic acids is 1. The van der Waals surface area contributed by atoms with E-state index in [2.05, 4.69) is 15.0 Å². The number of likely N-dealkylation sites (tertiary alicyclic amines) is 1. The van der Waals surface area contributed by atoms with E-state index < -0.39 is 12.0 Å². The minimum Gasteiger partial charge on any atom is -0.480 e. The Hall–Kier alpha value is -2.35. The number of aryl methyl sites for hydroxylation is 1. The van der Waals surface area contributed by atoms with Gasteiger partial charge in [0, 0.05) is 18.9 Å². The summed E-state index contributed by atoms with van der Waals surface area (Å²) in [5, 5.41) is 9.77. The number of carboxylic acid groups (broad SMARTS) is 1. The summed E-state index contributed by atoms with van der Waals surface area (Å²) in [7, 11) is 0. The molecule has 8 heteroatoms. The lowest BCUT2D eigenvalue weighted by Gasteiger charge is -2.20. The van der Waals surface area contributed by atoms with Crippen molar-refractivity contribution in [3.63, 3.8) is 0 Å². The lowest BCUT2D eigenvalue weighted by atomic mass is 10.2. The van der Waals surface area contributed by atoms with E-state index in [1.54, 1.807) is 25.4 Å². The standard InChI is InChI=1S/C14H14N4O3S/c1-8-10(13(19)18-7-2-4-9(18)14(20)21)22-12(17-8)11-15-5-3-6-16-11/h3,5-6,9H,2,4,7H2,1H3,(H,20,21). The predicted octanol–water partition coefficient (Wildman–Crippen LogP) is 1.60. The zero-order valence-electron chi connectivity index (χ0n) is 11.9. The average Bonchev–Trinajstić information content (AvgIpc) is 3.14. The van der Waals surface area contributed by atoms with Crippen LogP contribution in [-0.4, -0.2) is 49.4 Å². The van der Waals surface area contributed by atoms with Gasteiger partial charge in [0.25, 0.3) is 5.91 Å². The number of amides is 1. The number of hydrogen-bond donors (Lipinski definition) is 1. The molecule has 1 amide bonds. The number of carbonyl (C=O) groups excluding carboxylic acids is 1. The number of thiazole rings is 1. The normalized spacial score (nSPS) is 17.7. The number of rotatable bonds is 3. The second-order valence-corrected chi connectivity index (χ2v) is 6.00.